The highest BCUT2D eigenvalue weighted by molar-refractivity contribution is 6.31. The molecule has 0 spiro atoms. The summed E-state index contributed by atoms with van der Waals surface area (Å²) in [7, 11) is 4.72. The molecule has 6 aromatic rings. The van der Waals surface area contributed by atoms with Crippen LogP contribution in [0.5, 0.6) is 23.0 Å². The number of ether oxygens (including phenoxy) is 4. The molecule has 3 aliphatic rings. The molecular formula is C46H50N10O6. The second-order valence-corrected chi connectivity index (χ2v) is 15.5. The number of amidine groups is 2. The molecule has 16 nitrogen and oxygen atoms in total. The summed E-state index contributed by atoms with van der Waals surface area (Å²) in [6.07, 6.45) is 3.30. The summed E-state index contributed by atoms with van der Waals surface area (Å²) in [5, 5.41) is 45.9. The summed E-state index contributed by atoms with van der Waals surface area (Å²) in [6, 6.07) is 25.0. The van der Waals surface area contributed by atoms with Crippen LogP contribution in [0.1, 0.15) is 37.3 Å². The van der Waals surface area contributed by atoms with Crippen molar-refractivity contribution in [1.29, 1.82) is 10.8 Å². The van der Waals surface area contributed by atoms with Crippen LogP contribution in [0.25, 0.3) is 33.2 Å². The summed E-state index contributed by atoms with van der Waals surface area (Å²) >= 11 is 0. The Labute approximate surface area is 358 Å². The molecule has 9 rings (SSSR count). The number of anilines is 2. The minimum Gasteiger partial charge on any atom is -0.509 e. The van der Waals surface area contributed by atoms with E-state index in [-0.39, 0.29) is 29.9 Å². The Hall–Kier alpha value is -7.04. The first-order valence-corrected chi connectivity index (χ1v) is 20.8. The molecule has 3 aliphatic heterocycles. The highest BCUT2D eigenvalue weighted by Gasteiger charge is 2.42. The first-order chi connectivity index (χ1) is 30.2. The minimum atomic E-state index is -0.627. The number of imidazole rings is 2. The van der Waals surface area contributed by atoms with Crippen LogP contribution in [0.15, 0.2) is 96.4 Å². The predicted octanol–water partition coefficient (Wildman–Crippen LogP) is 7.24. The second-order valence-electron chi connectivity index (χ2n) is 15.5. The Kier molecular flexibility index (Phi) is 11.2. The molecule has 0 aliphatic carbocycles. The molecule has 16 heteroatoms. The van der Waals surface area contributed by atoms with E-state index in [1.165, 1.54) is 0 Å². The van der Waals surface area contributed by atoms with Gasteiger partial charge in [0.1, 0.15) is 64.6 Å². The molecule has 0 bridgehead atoms. The molecule has 0 radical (unpaired) electrons. The smallest absolute Gasteiger partial charge is 0.145 e. The Morgan fingerprint density at radius 3 is 1.63 bits per heavy atom. The van der Waals surface area contributed by atoms with Crippen LogP contribution >= 0.6 is 0 Å². The second kappa shape index (κ2) is 17.1. The largest absolute Gasteiger partial charge is 0.509 e. The zero-order valence-electron chi connectivity index (χ0n) is 34.9. The maximum absolute atomic E-state index is 11.9. The summed E-state index contributed by atoms with van der Waals surface area (Å²) in [6.45, 7) is 3.32. The van der Waals surface area contributed by atoms with E-state index in [4.69, 9.17) is 28.9 Å². The maximum Gasteiger partial charge on any atom is 0.145 e. The van der Waals surface area contributed by atoms with Crippen LogP contribution in [-0.2, 0) is 0 Å². The average molecular weight is 839 g/mol. The fourth-order valence-electron chi connectivity index (χ4n) is 8.72. The fraction of sp³-hybridized carbons (Fsp3) is 0.304. The molecule has 2 aromatic heterocycles. The highest BCUT2D eigenvalue weighted by atomic mass is 16.5. The van der Waals surface area contributed by atoms with Gasteiger partial charge in [0.05, 0.1) is 78.0 Å². The lowest BCUT2D eigenvalue weighted by Gasteiger charge is -2.29. The lowest BCUT2D eigenvalue weighted by molar-refractivity contribution is 0.277. The Morgan fingerprint density at radius 1 is 0.661 bits per heavy atom. The normalized spacial score (nSPS) is 18.3. The molecule has 0 amide bonds. The monoisotopic (exact) mass is 838 g/mol. The van der Waals surface area contributed by atoms with E-state index in [1.54, 1.807) is 38.4 Å². The molecule has 1 fully saturated rings. The van der Waals surface area contributed by atoms with Crippen molar-refractivity contribution in [2.75, 3.05) is 64.0 Å². The fourth-order valence-corrected chi connectivity index (χ4v) is 8.72. The van der Waals surface area contributed by atoms with Crippen LogP contribution in [0.3, 0.4) is 0 Å². The molecule has 4 aromatic carbocycles. The van der Waals surface area contributed by atoms with Gasteiger partial charge in [-0.15, -0.1) is 0 Å². The van der Waals surface area contributed by atoms with Gasteiger partial charge in [0.15, 0.2) is 0 Å². The van der Waals surface area contributed by atoms with Gasteiger partial charge in [0.2, 0.25) is 0 Å². The number of rotatable bonds is 16. The number of nitrogens with one attached hydrogen (secondary N) is 5. The lowest BCUT2D eigenvalue weighted by Crippen LogP contribution is -2.38. The minimum absolute atomic E-state index is 0.0159. The number of benzene rings is 4. The van der Waals surface area contributed by atoms with Crippen LogP contribution in [-0.4, -0.2) is 113 Å². The van der Waals surface area contributed by atoms with Gasteiger partial charge >= 0.3 is 0 Å². The van der Waals surface area contributed by atoms with Gasteiger partial charge in [-0.3, -0.25) is 16.1 Å². The number of H-pyrrole nitrogens is 2. The van der Waals surface area contributed by atoms with E-state index < -0.39 is 12.1 Å². The van der Waals surface area contributed by atoms with Gasteiger partial charge in [-0.1, -0.05) is 24.3 Å². The summed E-state index contributed by atoms with van der Waals surface area (Å²) in [5.41, 5.74) is 5.03. The number of aromatic nitrogens is 4. The van der Waals surface area contributed by atoms with E-state index in [0.717, 1.165) is 54.5 Å². The topological polar surface area (TPSA) is 204 Å². The number of hydrogen-bond acceptors (Lipinski definition) is 12. The number of para-hydroxylation sites is 4. The van der Waals surface area contributed by atoms with Crippen molar-refractivity contribution in [2.24, 2.45) is 0 Å². The number of aromatic amines is 2. The number of methoxy groups -OCH3 is 3. The van der Waals surface area contributed by atoms with Crippen molar-refractivity contribution in [3.05, 3.63) is 108 Å². The molecule has 7 N–H and O–H groups in total. The molecule has 320 valence electrons. The number of hydrogen-bond donors (Lipinski definition) is 7. The van der Waals surface area contributed by atoms with E-state index >= 15 is 0 Å². The van der Waals surface area contributed by atoms with Crippen molar-refractivity contribution >= 4 is 56.3 Å². The van der Waals surface area contributed by atoms with Gasteiger partial charge in [-0.2, -0.15) is 0 Å². The highest BCUT2D eigenvalue weighted by Crippen LogP contribution is 2.41. The van der Waals surface area contributed by atoms with Gasteiger partial charge < -0.3 is 53.8 Å². The predicted molar refractivity (Wildman–Crippen MR) is 240 cm³/mol. The van der Waals surface area contributed by atoms with Crippen LogP contribution in [0.2, 0.25) is 0 Å². The summed E-state index contributed by atoms with van der Waals surface area (Å²) in [4.78, 5) is 22.0. The molecule has 0 saturated carbocycles. The van der Waals surface area contributed by atoms with Crippen LogP contribution in [0, 0.1) is 10.8 Å². The van der Waals surface area contributed by atoms with E-state index in [9.17, 15) is 21.0 Å². The standard InChI is InChI=1S/C46H50N10O6/c1-59-29-20-27(21-30(24-29)60-2)55-37(41(57)39(43(55)47)45-50-33-10-4-5-11-34(33)51-45)14-16-49-26-62-32-23-28(22-31(25-32)61-3)56-38(15-19-54-17-8-9-18-54)42(58)40(44(56)48)46-52-35-12-6-7-13-36(35)53-46/h4-7,10-13,20-25,37-38,47-49,57-58H,8-9,14-19,26H2,1-3H3,(H,50,51)(H,52,53). The van der Waals surface area contributed by atoms with Gasteiger partial charge in [-0.25, -0.2) is 9.97 Å². The molecular weight excluding hydrogens is 789 g/mol. The number of aliphatic hydroxyl groups excluding tert-OH is 2. The van der Waals surface area contributed by atoms with E-state index in [0.29, 0.717) is 76.6 Å². The van der Waals surface area contributed by atoms with Crippen LogP contribution < -0.4 is 34.1 Å². The lowest BCUT2D eigenvalue weighted by atomic mass is 10.1. The molecule has 62 heavy (non-hydrogen) atoms. The molecule has 2 unspecified atom stereocenters. The van der Waals surface area contributed by atoms with E-state index in [1.807, 2.05) is 77.7 Å². The number of aliphatic hydroxyl groups is 2. The zero-order valence-corrected chi connectivity index (χ0v) is 34.9. The molecule has 1 saturated heterocycles. The van der Waals surface area contributed by atoms with Crippen molar-refractivity contribution in [2.45, 2.75) is 37.8 Å². The Bertz CT molecular complexity index is 2630. The first-order valence-electron chi connectivity index (χ1n) is 20.8. The van der Waals surface area contributed by atoms with E-state index in [2.05, 4.69) is 20.2 Å². The van der Waals surface area contributed by atoms with Crippen molar-refractivity contribution < 1.29 is 29.2 Å². The number of fused-ring (bicyclic) bond motifs is 2. The molecule has 5 heterocycles. The van der Waals surface area contributed by atoms with Gasteiger partial charge in [-0.05, 0) is 63.0 Å². The van der Waals surface area contributed by atoms with Gasteiger partial charge in [0.25, 0.3) is 0 Å². The third-order valence-corrected chi connectivity index (χ3v) is 11.8. The quantitative estimate of drug-likeness (QED) is 0.0381. The summed E-state index contributed by atoms with van der Waals surface area (Å²) in [5.74, 6) is 3.29. The average Bonchev–Trinajstić information content (AvgIpc) is 4.13. The number of likely N-dealkylation sites (tertiary alicyclic amines) is 1. The third kappa shape index (κ3) is 7.62. The zero-order chi connectivity index (χ0) is 42.9. The van der Waals surface area contributed by atoms with Crippen LogP contribution in [0.4, 0.5) is 11.4 Å². The Balaban J connectivity index is 0.941. The maximum atomic E-state index is 11.9. The number of nitrogens with zero attached hydrogens (tertiary/aromatic N) is 5. The van der Waals surface area contributed by atoms with Crippen molar-refractivity contribution in [3.8, 4) is 23.0 Å². The first kappa shape index (κ1) is 40.4. The Morgan fingerprint density at radius 2 is 1.13 bits per heavy atom. The SMILES string of the molecule is COc1cc(OC)cc(N2C(=N)C(c3nc4ccccc4[nH]3)=C(O)C2CCNCOc2cc(OC)cc(N3C(=N)C(c4nc5ccccc5[nH]4)=C(O)C3CCN3CCCC3)c2)c1. The third-order valence-electron chi connectivity index (χ3n) is 11.8. The van der Waals surface area contributed by atoms with Crippen molar-refractivity contribution in [3.63, 3.8) is 0 Å². The molecule has 2 atom stereocenters. The van der Waals surface area contributed by atoms with Gasteiger partial charge in [0, 0.05) is 49.5 Å². The van der Waals surface area contributed by atoms with Crippen molar-refractivity contribution in [1.82, 2.24) is 30.2 Å². The summed E-state index contributed by atoms with van der Waals surface area (Å²) < 4.78 is 23.1.